The van der Waals surface area contributed by atoms with Gasteiger partial charge in [0.15, 0.2) is 0 Å². The Hall–Kier alpha value is -0.860. The maximum Gasteiger partial charge on any atom is 0.0743 e. The van der Waals surface area contributed by atoms with Gasteiger partial charge in [-0.05, 0) is 37.3 Å². The van der Waals surface area contributed by atoms with Crippen LogP contribution in [0, 0.1) is 0 Å². The summed E-state index contributed by atoms with van der Waals surface area (Å²) in [7, 11) is 0. The van der Waals surface area contributed by atoms with E-state index in [1.165, 1.54) is 11.1 Å². The number of hydrogen-bond acceptors (Lipinski definition) is 2. The largest absolute Gasteiger partial charge is 0.389 e. The Balaban J connectivity index is 2.62. The Bertz CT molecular complexity index is 356. The van der Waals surface area contributed by atoms with Crippen LogP contribution >= 0.6 is 0 Å². The minimum Gasteiger partial charge on any atom is -0.389 e. The van der Waals surface area contributed by atoms with Gasteiger partial charge in [0, 0.05) is 12.6 Å². The smallest absolute Gasteiger partial charge is 0.0743 e. The van der Waals surface area contributed by atoms with Gasteiger partial charge >= 0.3 is 0 Å². The van der Waals surface area contributed by atoms with Gasteiger partial charge in [0.1, 0.15) is 0 Å². The van der Waals surface area contributed by atoms with Crippen molar-refractivity contribution in [1.82, 2.24) is 5.32 Å². The zero-order valence-electron chi connectivity index (χ0n) is 12.9. The molecule has 108 valence electrons. The van der Waals surface area contributed by atoms with Crippen LogP contribution in [0.3, 0.4) is 0 Å². The third kappa shape index (κ3) is 5.33. The monoisotopic (exact) mass is 263 g/mol. The molecule has 1 aromatic carbocycles. The van der Waals surface area contributed by atoms with Crippen molar-refractivity contribution in [2.45, 2.75) is 65.0 Å². The van der Waals surface area contributed by atoms with Crippen molar-refractivity contribution in [1.29, 1.82) is 0 Å². The maximum atomic E-state index is 10.2. The van der Waals surface area contributed by atoms with Crippen LogP contribution < -0.4 is 5.32 Å². The fraction of sp³-hybridized carbons (Fsp3) is 0.647. The van der Waals surface area contributed by atoms with Crippen molar-refractivity contribution in [3.05, 3.63) is 35.4 Å². The molecular weight excluding hydrogens is 234 g/mol. The molecule has 1 aromatic rings. The zero-order chi connectivity index (χ0) is 14.3. The van der Waals surface area contributed by atoms with E-state index < -0.39 is 5.60 Å². The second-order valence-electron chi connectivity index (χ2n) is 5.68. The summed E-state index contributed by atoms with van der Waals surface area (Å²) in [5, 5.41) is 13.7. The van der Waals surface area contributed by atoms with Crippen molar-refractivity contribution in [3.63, 3.8) is 0 Å². The first-order chi connectivity index (χ1) is 9.02. The van der Waals surface area contributed by atoms with E-state index in [2.05, 4.69) is 50.4 Å². The van der Waals surface area contributed by atoms with Crippen LogP contribution in [0.25, 0.3) is 0 Å². The minimum absolute atomic E-state index is 0.328. The van der Waals surface area contributed by atoms with Crippen LogP contribution in [-0.2, 0) is 6.42 Å². The van der Waals surface area contributed by atoms with Gasteiger partial charge in [-0.3, -0.25) is 0 Å². The topological polar surface area (TPSA) is 32.3 Å². The number of aryl methyl sites for hydroxylation is 1. The van der Waals surface area contributed by atoms with Crippen LogP contribution in [0.2, 0.25) is 0 Å². The van der Waals surface area contributed by atoms with Crippen LogP contribution in [0.5, 0.6) is 0 Å². The molecule has 0 aliphatic carbocycles. The zero-order valence-corrected chi connectivity index (χ0v) is 12.9. The Labute approximate surface area is 118 Å². The first kappa shape index (κ1) is 16.2. The molecule has 1 rings (SSSR count). The van der Waals surface area contributed by atoms with Crippen molar-refractivity contribution < 1.29 is 5.11 Å². The molecule has 2 atom stereocenters. The van der Waals surface area contributed by atoms with Crippen molar-refractivity contribution >= 4 is 0 Å². The summed E-state index contributed by atoms with van der Waals surface area (Å²) < 4.78 is 0. The molecule has 2 N–H and O–H groups in total. The maximum absolute atomic E-state index is 10.2. The average molecular weight is 263 g/mol. The van der Waals surface area contributed by atoms with E-state index >= 15 is 0 Å². The van der Waals surface area contributed by atoms with Gasteiger partial charge in [-0.2, -0.15) is 0 Å². The highest BCUT2D eigenvalue weighted by Crippen LogP contribution is 2.19. The number of nitrogens with one attached hydrogen (secondary N) is 1. The lowest BCUT2D eigenvalue weighted by atomic mass is 9.98. The van der Waals surface area contributed by atoms with E-state index in [1.807, 2.05) is 6.92 Å². The second-order valence-corrected chi connectivity index (χ2v) is 5.68. The molecule has 0 saturated heterocycles. The van der Waals surface area contributed by atoms with Crippen LogP contribution in [0.4, 0.5) is 0 Å². The molecule has 0 radical (unpaired) electrons. The fourth-order valence-corrected chi connectivity index (χ4v) is 2.45. The molecule has 0 aliphatic rings. The minimum atomic E-state index is -0.606. The highest BCUT2D eigenvalue weighted by molar-refractivity contribution is 5.25. The first-order valence-corrected chi connectivity index (χ1v) is 7.57. The normalized spacial score (nSPS) is 16.1. The molecule has 19 heavy (non-hydrogen) atoms. The molecule has 0 aromatic heterocycles. The summed E-state index contributed by atoms with van der Waals surface area (Å²) in [4.78, 5) is 0. The predicted octanol–water partition coefficient (Wildman–Crippen LogP) is 3.84. The highest BCUT2D eigenvalue weighted by atomic mass is 16.3. The number of hydrogen-bond donors (Lipinski definition) is 2. The molecule has 0 bridgehead atoms. The molecule has 0 heterocycles. The van der Waals surface area contributed by atoms with Gasteiger partial charge in [0.05, 0.1) is 5.60 Å². The summed E-state index contributed by atoms with van der Waals surface area (Å²) in [5.41, 5.74) is 2.08. The lowest BCUT2D eigenvalue weighted by molar-refractivity contribution is 0.0470. The Kier molecular flexibility index (Phi) is 6.53. The summed E-state index contributed by atoms with van der Waals surface area (Å²) in [6.45, 7) is 9.02. The Morgan fingerprint density at radius 1 is 1.16 bits per heavy atom. The first-order valence-electron chi connectivity index (χ1n) is 7.57. The third-order valence-corrected chi connectivity index (χ3v) is 3.72. The Morgan fingerprint density at radius 3 is 2.26 bits per heavy atom. The summed E-state index contributed by atoms with van der Waals surface area (Å²) in [6, 6.07) is 9.13. The van der Waals surface area contributed by atoms with Gasteiger partial charge in [-0.15, -0.1) is 0 Å². The van der Waals surface area contributed by atoms with Gasteiger partial charge < -0.3 is 10.4 Å². The number of aliphatic hydroxyl groups is 1. The molecular formula is C17H29NO. The van der Waals surface area contributed by atoms with E-state index in [1.54, 1.807) is 0 Å². The number of rotatable bonds is 8. The van der Waals surface area contributed by atoms with Crippen molar-refractivity contribution in [3.8, 4) is 0 Å². The van der Waals surface area contributed by atoms with Crippen molar-refractivity contribution in [2.75, 3.05) is 6.54 Å². The van der Waals surface area contributed by atoms with Crippen molar-refractivity contribution in [2.24, 2.45) is 0 Å². The van der Waals surface area contributed by atoms with Crippen LogP contribution in [0.1, 0.15) is 64.1 Å². The number of benzene rings is 1. The molecule has 2 nitrogen and oxygen atoms in total. The van der Waals surface area contributed by atoms with E-state index in [-0.39, 0.29) is 0 Å². The van der Waals surface area contributed by atoms with Gasteiger partial charge in [-0.25, -0.2) is 0 Å². The van der Waals surface area contributed by atoms with Gasteiger partial charge in [-0.1, -0.05) is 51.5 Å². The van der Waals surface area contributed by atoms with Crippen LogP contribution in [-0.4, -0.2) is 17.3 Å². The summed E-state index contributed by atoms with van der Waals surface area (Å²) in [6.07, 6.45) is 3.96. The van der Waals surface area contributed by atoms with Gasteiger partial charge in [0.2, 0.25) is 0 Å². The van der Waals surface area contributed by atoms with E-state index in [0.29, 0.717) is 12.6 Å². The molecule has 0 saturated carbocycles. The SMILES string of the molecule is CCCC(C)(O)CNC(CC)c1ccc(CC)cc1. The van der Waals surface area contributed by atoms with E-state index in [0.717, 1.165) is 25.7 Å². The van der Waals surface area contributed by atoms with Crippen LogP contribution in [0.15, 0.2) is 24.3 Å². The molecule has 0 spiro atoms. The molecule has 2 unspecified atom stereocenters. The molecule has 2 heteroatoms. The Morgan fingerprint density at radius 2 is 1.79 bits per heavy atom. The third-order valence-electron chi connectivity index (χ3n) is 3.72. The second kappa shape index (κ2) is 7.66. The lowest BCUT2D eigenvalue weighted by Crippen LogP contribution is -2.39. The molecule has 0 fully saturated rings. The quantitative estimate of drug-likeness (QED) is 0.747. The standard InChI is InChI=1S/C17H29NO/c1-5-12-17(4,19)13-18-16(7-3)15-10-8-14(6-2)9-11-15/h8-11,16,18-19H,5-7,12-13H2,1-4H3. The molecule has 0 amide bonds. The predicted molar refractivity (Wildman–Crippen MR) is 82.4 cm³/mol. The summed E-state index contributed by atoms with van der Waals surface area (Å²) >= 11 is 0. The highest BCUT2D eigenvalue weighted by Gasteiger charge is 2.20. The average Bonchev–Trinajstić information content (AvgIpc) is 2.40. The lowest BCUT2D eigenvalue weighted by Gasteiger charge is -2.27. The summed E-state index contributed by atoms with van der Waals surface area (Å²) in [5.74, 6) is 0. The molecule has 0 aliphatic heterocycles. The fourth-order valence-electron chi connectivity index (χ4n) is 2.45. The van der Waals surface area contributed by atoms with Gasteiger partial charge in [0.25, 0.3) is 0 Å². The van der Waals surface area contributed by atoms with E-state index in [9.17, 15) is 5.11 Å². The van der Waals surface area contributed by atoms with E-state index in [4.69, 9.17) is 0 Å².